The number of ether oxygens (including phenoxy) is 1. The first-order chi connectivity index (χ1) is 13.2. The van der Waals surface area contributed by atoms with Gasteiger partial charge >= 0.3 is 5.97 Å². The third-order valence-electron chi connectivity index (χ3n) is 4.49. The molecule has 2 aromatic heterocycles. The summed E-state index contributed by atoms with van der Waals surface area (Å²) in [5, 5.41) is 12.2. The van der Waals surface area contributed by atoms with Crippen molar-refractivity contribution in [1.29, 1.82) is 0 Å². The van der Waals surface area contributed by atoms with Crippen molar-refractivity contribution in [3.8, 4) is 22.7 Å². The minimum atomic E-state index is -0.266. The molecule has 0 saturated carbocycles. The van der Waals surface area contributed by atoms with Gasteiger partial charge in [-0.3, -0.25) is 4.79 Å². The van der Waals surface area contributed by atoms with E-state index >= 15 is 0 Å². The average molecular weight is 365 g/mol. The van der Waals surface area contributed by atoms with Crippen molar-refractivity contribution in [3.05, 3.63) is 54.1 Å². The van der Waals surface area contributed by atoms with E-state index in [0.717, 1.165) is 18.4 Å². The van der Waals surface area contributed by atoms with Crippen molar-refractivity contribution in [2.75, 3.05) is 0 Å². The Morgan fingerprint density at radius 2 is 2.11 bits per heavy atom. The van der Waals surface area contributed by atoms with Crippen LogP contribution in [0, 0.1) is 12.8 Å². The third kappa shape index (κ3) is 3.81. The number of allylic oxidation sites excluding steroid dienone is 2. The van der Waals surface area contributed by atoms with Crippen LogP contribution in [0.5, 0.6) is 0 Å². The molecule has 0 saturated heterocycles. The summed E-state index contributed by atoms with van der Waals surface area (Å²) in [4.78, 5) is 11.9. The number of aryl methyl sites for hydroxylation is 1. The van der Waals surface area contributed by atoms with Crippen LogP contribution in [-0.2, 0) is 16.1 Å². The van der Waals surface area contributed by atoms with Crippen LogP contribution in [0.3, 0.4) is 0 Å². The lowest BCUT2D eigenvalue weighted by atomic mass is 10.1. The number of carbonyl (C=O) groups is 1. The van der Waals surface area contributed by atoms with E-state index in [1.54, 1.807) is 6.92 Å². The van der Waals surface area contributed by atoms with Crippen molar-refractivity contribution in [1.82, 2.24) is 15.4 Å². The van der Waals surface area contributed by atoms with Crippen LogP contribution in [-0.4, -0.2) is 21.3 Å². The molecular formula is C20H19N3O4. The summed E-state index contributed by atoms with van der Waals surface area (Å²) < 4.78 is 16.3. The van der Waals surface area contributed by atoms with Gasteiger partial charge in [0.2, 0.25) is 0 Å². The summed E-state index contributed by atoms with van der Waals surface area (Å²) in [6.07, 6.45) is 6.54. The Kier molecular flexibility index (Phi) is 4.82. The van der Waals surface area contributed by atoms with E-state index in [-0.39, 0.29) is 30.3 Å². The number of esters is 1. The molecule has 27 heavy (non-hydrogen) atoms. The molecule has 4 rings (SSSR count). The zero-order valence-electron chi connectivity index (χ0n) is 14.9. The molecule has 7 nitrogen and oxygen atoms in total. The highest BCUT2D eigenvalue weighted by molar-refractivity contribution is 5.77. The van der Waals surface area contributed by atoms with Crippen LogP contribution in [0.4, 0.5) is 0 Å². The normalized spacial score (nSPS) is 16.0. The fourth-order valence-corrected chi connectivity index (χ4v) is 3.11. The molecular weight excluding hydrogens is 346 g/mol. The molecule has 7 heteroatoms. The quantitative estimate of drug-likeness (QED) is 0.480. The Balaban J connectivity index is 1.46. The van der Waals surface area contributed by atoms with Gasteiger partial charge in [0.1, 0.15) is 17.0 Å². The molecule has 0 amide bonds. The van der Waals surface area contributed by atoms with E-state index in [1.807, 2.05) is 30.3 Å². The molecule has 138 valence electrons. The molecule has 0 N–H and O–H groups in total. The molecule has 1 aliphatic carbocycles. The lowest BCUT2D eigenvalue weighted by molar-refractivity contribution is -0.146. The number of carbonyl (C=O) groups excluding carboxylic acids is 1. The molecule has 0 aliphatic heterocycles. The van der Waals surface area contributed by atoms with Crippen molar-refractivity contribution >= 4 is 5.97 Å². The van der Waals surface area contributed by atoms with E-state index < -0.39 is 0 Å². The number of benzene rings is 1. The zero-order valence-corrected chi connectivity index (χ0v) is 14.9. The van der Waals surface area contributed by atoms with Gasteiger partial charge < -0.3 is 13.7 Å². The highest BCUT2D eigenvalue weighted by Gasteiger charge is 2.22. The molecule has 0 spiro atoms. The molecule has 0 bridgehead atoms. The first-order valence-electron chi connectivity index (χ1n) is 8.87. The first kappa shape index (κ1) is 17.2. The maximum Gasteiger partial charge on any atom is 0.306 e. The Morgan fingerprint density at radius 1 is 1.26 bits per heavy atom. The molecule has 0 fully saturated rings. The highest BCUT2D eigenvalue weighted by atomic mass is 16.5. The Morgan fingerprint density at radius 3 is 2.89 bits per heavy atom. The number of hydrogen-bond acceptors (Lipinski definition) is 7. The Labute approximate surface area is 156 Å². The molecule has 1 aliphatic rings. The molecule has 1 atom stereocenters. The van der Waals surface area contributed by atoms with E-state index in [0.29, 0.717) is 23.4 Å². The van der Waals surface area contributed by atoms with Crippen LogP contribution in [0.2, 0.25) is 0 Å². The van der Waals surface area contributed by atoms with Crippen molar-refractivity contribution in [2.45, 2.75) is 32.8 Å². The van der Waals surface area contributed by atoms with Gasteiger partial charge in [-0.25, -0.2) is 0 Å². The van der Waals surface area contributed by atoms with Gasteiger partial charge in [-0.05, 0) is 25.7 Å². The van der Waals surface area contributed by atoms with E-state index in [9.17, 15) is 4.79 Å². The SMILES string of the molecule is Cc1onc(-c2ccccc2)c1-c1nnc(COC(=O)CC2C=CCC2)o1. The molecule has 1 unspecified atom stereocenters. The van der Waals surface area contributed by atoms with Gasteiger partial charge in [0.25, 0.3) is 11.8 Å². The Hall–Kier alpha value is -3.22. The summed E-state index contributed by atoms with van der Waals surface area (Å²) in [7, 11) is 0. The minimum absolute atomic E-state index is 0.0483. The second-order valence-electron chi connectivity index (χ2n) is 6.46. The van der Waals surface area contributed by atoms with Crippen LogP contribution in [0.1, 0.15) is 30.9 Å². The summed E-state index contributed by atoms with van der Waals surface area (Å²) in [6.45, 7) is 1.74. The van der Waals surface area contributed by atoms with E-state index in [4.69, 9.17) is 13.7 Å². The molecule has 0 radical (unpaired) electrons. The molecule has 1 aromatic carbocycles. The van der Waals surface area contributed by atoms with Crippen molar-refractivity contribution in [3.63, 3.8) is 0 Å². The lowest BCUT2D eigenvalue weighted by Crippen LogP contribution is -2.09. The fourth-order valence-electron chi connectivity index (χ4n) is 3.11. The summed E-state index contributed by atoms with van der Waals surface area (Å²) in [6, 6.07) is 9.62. The number of hydrogen-bond donors (Lipinski definition) is 0. The standard InChI is InChI=1S/C20H19N3O4/c1-13-18(19(23-27-13)15-9-3-2-4-10-15)20-22-21-16(26-20)12-25-17(24)11-14-7-5-6-8-14/h2-5,7,9-10,14H,6,8,11-12H2,1H3. The third-order valence-corrected chi connectivity index (χ3v) is 4.49. The number of nitrogens with zero attached hydrogens (tertiary/aromatic N) is 3. The largest absolute Gasteiger partial charge is 0.456 e. The van der Waals surface area contributed by atoms with Crippen LogP contribution < -0.4 is 0 Å². The predicted molar refractivity (Wildman–Crippen MR) is 96.2 cm³/mol. The van der Waals surface area contributed by atoms with Gasteiger partial charge in [0, 0.05) is 5.56 Å². The second-order valence-corrected chi connectivity index (χ2v) is 6.46. The van der Waals surface area contributed by atoms with Gasteiger partial charge in [0.05, 0.1) is 6.42 Å². The zero-order chi connectivity index (χ0) is 18.6. The summed E-state index contributed by atoms with van der Waals surface area (Å²) in [5.74, 6) is 1.10. The second kappa shape index (κ2) is 7.57. The maximum atomic E-state index is 11.9. The summed E-state index contributed by atoms with van der Waals surface area (Å²) in [5.41, 5.74) is 2.16. The lowest BCUT2D eigenvalue weighted by Gasteiger charge is -2.06. The van der Waals surface area contributed by atoms with E-state index in [2.05, 4.69) is 27.5 Å². The predicted octanol–water partition coefficient (Wildman–Crippen LogP) is 4.10. The van der Waals surface area contributed by atoms with Gasteiger partial charge in [-0.15, -0.1) is 10.2 Å². The fraction of sp³-hybridized carbons (Fsp3) is 0.300. The molecule has 3 aromatic rings. The van der Waals surface area contributed by atoms with Crippen LogP contribution in [0.25, 0.3) is 22.7 Å². The minimum Gasteiger partial charge on any atom is -0.456 e. The number of aromatic nitrogens is 3. The van der Waals surface area contributed by atoms with Gasteiger partial charge in [-0.1, -0.05) is 47.6 Å². The Bertz CT molecular complexity index is 959. The van der Waals surface area contributed by atoms with Crippen molar-refractivity contribution < 1.29 is 18.5 Å². The smallest absolute Gasteiger partial charge is 0.306 e. The van der Waals surface area contributed by atoms with Gasteiger partial charge in [0.15, 0.2) is 6.61 Å². The first-order valence-corrected chi connectivity index (χ1v) is 8.87. The van der Waals surface area contributed by atoms with Crippen molar-refractivity contribution in [2.24, 2.45) is 5.92 Å². The maximum absolute atomic E-state index is 11.9. The average Bonchev–Trinajstić information content (AvgIpc) is 3.42. The van der Waals surface area contributed by atoms with Crippen LogP contribution in [0.15, 0.2) is 51.4 Å². The van der Waals surface area contributed by atoms with Gasteiger partial charge in [-0.2, -0.15) is 0 Å². The molecule has 2 heterocycles. The monoisotopic (exact) mass is 365 g/mol. The number of rotatable bonds is 6. The van der Waals surface area contributed by atoms with Crippen LogP contribution >= 0.6 is 0 Å². The van der Waals surface area contributed by atoms with E-state index in [1.165, 1.54) is 0 Å². The topological polar surface area (TPSA) is 91.3 Å². The highest BCUT2D eigenvalue weighted by Crippen LogP contribution is 2.33. The summed E-state index contributed by atoms with van der Waals surface area (Å²) >= 11 is 0.